The summed E-state index contributed by atoms with van der Waals surface area (Å²) >= 11 is 0. The molecule has 0 atom stereocenters. The number of primary sulfonamides is 1. The zero-order chi connectivity index (χ0) is 13.9. The second-order valence-corrected chi connectivity index (χ2v) is 5.87. The van der Waals surface area contributed by atoms with Crippen molar-refractivity contribution in [2.75, 3.05) is 26.0 Å². The van der Waals surface area contributed by atoms with E-state index < -0.39 is 10.0 Å². The SMILES string of the molecule is Cc1ccc(S(N)(=O)=O)cc1NC(=O)CN(C)C. The molecule has 1 rings (SSSR count). The summed E-state index contributed by atoms with van der Waals surface area (Å²) in [4.78, 5) is 13.3. The topological polar surface area (TPSA) is 92.5 Å². The lowest BCUT2D eigenvalue weighted by atomic mass is 10.2. The molecular weight excluding hydrogens is 254 g/mol. The van der Waals surface area contributed by atoms with Crippen molar-refractivity contribution in [3.63, 3.8) is 0 Å². The van der Waals surface area contributed by atoms with E-state index in [1.165, 1.54) is 12.1 Å². The molecule has 0 fully saturated rings. The number of aryl methyl sites for hydroxylation is 1. The molecule has 1 aromatic rings. The Kier molecular flexibility index (Phi) is 4.44. The van der Waals surface area contributed by atoms with E-state index in [4.69, 9.17) is 5.14 Å². The van der Waals surface area contributed by atoms with E-state index >= 15 is 0 Å². The van der Waals surface area contributed by atoms with Crippen LogP contribution >= 0.6 is 0 Å². The summed E-state index contributed by atoms with van der Waals surface area (Å²) in [6.45, 7) is 2.00. The number of carbonyl (C=O) groups is 1. The van der Waals surface area contributed by atoms with Crippen LogP contribution in [0, 0.1) is 6.92 Å². The van der Waals surface area contributed by atoms with Crippen LogP contribution in [0.15, 0.2) is 23.1 Å². The molecule has 0 aliphatic heterocycles. The summed E-state index contributed by atoms with van der Waals surface area (Å²) in [5, 5.41) is 7.69. The summed E-state index contributed by atoms with van der Waals surface area (Å²) in [6.07, 6.45) is 0. The van der Waals surface area contributed by atoms with E-state index in [2.05, 4.69) is 5.32 Å². The van der Waals surface area contributed by atoms with Crippen molar-refractivity contribution in [1.29, 1.82) is 0 Å². The number of hydrogen-bond acceptors (Lipinski definition) is 4. The molecule has 0 radical (unpaired) electrons. The standard InChI is InChI=1S/C11H17N3O3S/c1-8-4-5-9(18(12,16)17)6-10(8)13-11(15)7-14(2)3/h4-6H,7H2,1-3H3,(H,13,15)(H2,12,16,17). The average Bonchev–Trinajstić information content (AvgIpc) is 2.18. The van der Waals surface area contributed by atoms with Gasteiger partial charge in [-0.3, -0.25) is 4.79 Å². The fourth-order valence-corrected chi connectivity index (χ4v) is 1.93. The molecule has 18 heavy (non-hydrogen) atoms. The molecule has 3 N–H and O–H groups in total. The number of sulfonamides is 1. The zero-order valence-corrected chi connectivity index (χ0v) is 11.4. The molecule has 0 saturated carbocycles. The maximum absolute atomic E-state index is 11.6. The Morgan fingerprint density at radius 2 is 2.00 bits per heavy atom. The van der Waals surface area contributed by atoms with Crippen molar-refractivity contribution in [3.8, 4) is 0 Å². The van der Waals surface area contributed by atoms with E-state index in [0.29, 0.717) is 5.69 Å². The van der Waals surface area contributed by atoms with Gasteiger partial charge in [-0.05, 0) is 38.7 Å². The van der Waals surface area contributed by atoms with E-state index in [0.717, 1.165) is 5.56 Å². The fourth-order valence-electron chi connectivity index (χ4n) is 1.39. The van der Waals surface area contributed by atoms with Crippen molar-refractivity contribution >= 4 is 21.6 Å². The normalized spacial score (nSPS) is 11.6. The number of hydrogen-bond donors (Lipinski definition) is 2. The highest BCUT2D eigenvalue weighted by atomic mass is 32.2. The number of benzene rings is 1. The number of nitrogens with two attached hydrogens (primary N) is 1. The number of anilines is 1. The highest BCUT2D eigenvalue weighted by Gasteiger charge is 2.12. The minimum absolute atomic E-state index is 0.0201. The summed E-state index contributed by atoms with van der Waals surface area (Å²) in [7, 11) is -0.221. The van der Waals surface area contributed by atoms with E-state index in [1.54, 1.807) is 32.0 Å². The van der Waals surface area contributed by atoms with Gasteiger partial charge in [-0.25, -0.2) is 13.6 Å². The minimum atomic E-state index is -3.76. The molecule has 1 aromatic carbocycles. The third-order valence-electron chi connectivity index (χ3n) is 2.27. The zero-order valence-electron chi connectivity index (χ0n) is 10.6. The molecule has 1 amide bonds. The van der Waals surface area contributed by atoms with Gasteiger partial charge in [0.15, 0.2) is 0 Å². The molecule has 0 unspecified atom stereocenters. The molecule has 0 heterocycles. The molecule has 0 aliphatic rings. The van der Waals surface area contributed by atoms with Crippen molar-refractivity contribution in [1.82, 2.24) is 4.90 Å². The number of nitrogens with zero attached hydrogens (tertiary/aromatic N) is 1. The minimum Gasteiger partial charge on any atom is -0.325 e. The van der Waals surface area contributed by atoms with Crippen LogP contribution in [0.2, 0.25) is 0 Å². The molecule has 0 saturated heterocycles. The van der Waals surface area contributed by atoms with E-state index in [1.807, 2.05) is 0 Å². The van der Waals surface area contributed by atoms with Gasteiger partial charge in [0.25, 0.3) is 0 Å². The van der Waals surface area contributed by atoms with Gasteiger partial charge in [0.1, 0.15) is 0 Å². The van der Waals surface area contributed by atoms with Crippen LogP contribution in [0.3, 0.4) is 0 Å². The molecule has 6 nitrogen and oxygen atoms in total. The van der Waals surface area contributed by atoms with Gasteiger partial charge in [-0.2, -0.15) is 0 Å². The molecule has 0 spiro atoms. The third kappa shape index (κ3) is 4.10. The van der Waals surface area contributed by atoms with Crippen LogP contribution < -0.4 is 10.5 Å². The smallest absolute Gasteiger partial charge is 0.238 e. The lowest BCUT2D eigenvalue weighted by Crippen LogP contribution is -2.27. The number of amides is 1. The predicted octanol–water partition coefficient (Wildman–Crippen LogP) is 0.143. The highest BCUT2D eigenvalue weighted by Crippen LogP contribution is 2.19. The lowest BCUT2D eigenvalue weighted by Gasteiger charge is -2.12. The van der Waals surface area contributed by atoms with Gasteiger partial charge in [0.05, 0.1) is 11.4 Å². The van der Waals surface area contributed by atoms with Crippen LogP contribution in [-0.4, -0.2) is 39.9 Å². The second kappa shape index (κ2) is 5.47. The first-order valence-corrected chi connectivity index (χ1v) is 6.83. The highest BCUT2D eigenvalue weighted by molar-refractivity contribution is 7.89. The van der Waals surface area contributed by atoms with Gasteiger partial charge >= 0.3 is 0 Å². The quantitative estimate of drug-likeness (QED) is 0.815. The van der Waals surface area contributed by atoms with Crippen LogP contribution in [0.5, 0.6) is 0 Å². The van der Waals surface area contributed by atoms with E-state index in [9.17, 15) is 13.2 Å². The Labute approximate surface area is 107 Å². The molecule has 0 aliphatic carbocycles. The Hall–Kier alpha value is -1.44. The molecular formula is C11H17N3O3S. The first kappa shape index (κ1) is 14.6. The van der Waals surface area contributed by atoms with E-state index in [-0.39, 0.29) is 17.3 Å². The number of nitrogens with one attached hydrogen (secondary N) is 1. The number of carbonyl (C=O) groups excluding carboxylic acids is 1. The monoisotopic (exact) mass is 271 g/mol. The summed E-state index contributed by atoms with van der Waals surface area (Å²) in [6, 6.07) is 4.37. The summed E-state index contributed by atoms with van der Waals surface area (Å²) in [5.74, 6) is -0.213. The molecule has 7 heteroatoms. The number of rotatable bonds is 4. The maximum atomic E-state index is 11.6. The first-order valence-electron chi connectivity index (χ1n) is 5.28. The third-order valence-corrected chi connectivity index (χ3v) is 3.18. The Balaban J connectivity index is 2.99. The van der Waals surface area contributed by atoms with Gasteiger partial charge in [0.2, 0.25) is 15.9 Å². The second-order valence-electron chi connectivity index (χ2n) is 4.31. The average molecular weight is 271 g/mol. The first-order chi connectivity index (χ1) is 8.20. The summed E-state index contributed by atoms with van der Waals surface area (Å²) < 4.78 is 22.4. The van der Waals surface area contributed by atoms with Crippen molar-refractivity contribution in [3.05, 3.63) is 23.8 Å². The van der Waals surface area contributed by atoms with Gasteiger partial charge < -0.3 is 10.2 Å². The van der Waals surface area contributed by atoms with Crippen LogP contribution in [0.1, 0.15) is 5.56 Å². The largest absolute Gasteiger partial charge is 0.325 e. The fraction of sp³-hybridized carbons (Fsp3) is 0.364. The van der Waals surface area contributed by atoms with Crippen LogP contribution in [-0.2, 0) is 14.8 Å². The summed E-state index contributed by atoms with van der Waals surface area (Å²) in [5.41, 5.74) is 1.22. The van der Waals surface area contributed by atoms with Gasteiger partial charge in [-0.15, -0.1) is 0 Å². The van der Waals surface area contributed by atoms with Crippen molar-refractivity contribution < 1.29 is 13.2 Å². The van der Waals surface area contributed by atoms with Crippen molar-refractivity contribution in [2.24, 2.45) is 5.14 Å². The lowest BCUT2D eigenvalue weighted by molar-refractivity contribution is -0.116. The Morgan fingerprint density at radius 1 is 1.39 bits per heavy atom. The number of likely N-dealkylation sites (N-methyl/N-ethyl adjacent to an activating group) is 1. The maximum Gasteiger partial charge on any atom is 0.238 e. The molecule has 100 valence electrons. The Morgan fingerprint density at radius 3 is 2.50 bits per heavy atom. The van der Waals surface area contributed by atoms with Gasteiger partial charge in [0, 0.05) is 5.69 Å². The van der Waals surface area contributed by atoms with Gasteiger partial charge in [-0.1, -0.05) is 6.07 Å². The molecule has 0 bridgehead atoms. The van der Waals surface area contributed by atoms with Crippen molar-refractivity contribution in [2.45, 2.75) is 11.8 Å². The van der Waals surface area contributed by atoms with Crippen LogP contribution in [0.25, 0.3) is 0 Å². The Bertz CT molecular complexity index is 553. The van der Waals surface area contributed by atoms with Crippen LogP contribution in [0.4, 0.5) is 5.69 Å². The molecule has 0 aromatic heterocycles. The predicted molar refractivity (Wildman–Crippen MR) is 69.7 cm³/mol.